The van der Waals surface area contributed by atoms with Crippen LogP contribution in [0.5, 0.6) is 0 Å². The van der Waals surface area contributed by atoms with Crippen molar-refractivity contribution in [3.05, 3.63) is 82.5 Å². The summed E-state index contributed by atoms with van der Waals surface area (Å²) in [6.07, 6.45) is 29.9. The van der Waals surface area contributed by atoms with E-state index < -0.39 is 28.5 Å². The van der Waals surface area contributed by atoms with E-state index in [1.807, 2.05) is 6.92 Å². The fourth-order valence-corrected chi connectivity index (χ4v) is 6.54. The average Bonchev–Trinajstić information content (AvgIpc) is 3.06. The molecule has 0 rings (SSSR count). The van der Waals surface area contributed by atoms with Crippen molar-refractivity contribution in [1.29, 1.82) is 0 Å². The molecular weight excluding hydrogens is 669 g/mol. The number of allylic oxidation sites excluding steroid dienone is 12. The largest absolute Gasteiger partial charge is 0.390 e. The fourth-order valence-electron chi connectivity index (χ4n) is 6.54. The van der Waals surface area contributed by atoms with Crippen LogP contribution in [-0.4, -0.2) is 54.0 Å². The average molecular weight is 755 g/mol. The zero-order valence-electron chi connectivity index (χ0n) is 37.0. The van der Waals surface area contributed by atoms with Crippen molar-refractivity contribution in [3.63, 3.8) is 0 Å². The molecule has 0 heterocycles. The monoisotopic (exact) mass is 755 g/mol. The minimum atomic E-state index is -1.21. The molecule has 0 fully saturated rings. The Morgan fingerprint density at radius 1 is 0.481 bits per heavy atom. The lowest BCUT2D eigenvalue weighted by Crippen LogP contribution is -2.40. The van der Waals surface area contributed by atoms with Gasteiger partial charge in [-0.25, -0.2) is 0 Å². The number of hydrogen-bond acceptors (Lipinski definition) is 5. The maximum atomic E-state index is 11.0. The van der Waals surface area contributed by atoms with Crippen LogP contribution in [0.1, 0.15) is 198 Å². The van der Waals surface area contributed by atoms with Gasteiger partial charge in [-0.15, -0.1) is 6.58 Å². The Balaban J connectivity index is 4.43. The highest BCUT2D eigenvalue weighted by atomic mass is 16.3. The Morgan fingerprint density at radius 2 is 0.852 bits per heavy atom. The van der Waals surface area contributed by atoms with E-state index in [1.54, 1.807) is 26.8 Å². The zero-order chi connectivity index (χ0) is 41.4. The Labute approximate surface area is 333 Å². The minimum absolute atomic E-state index is 0.419. The number of aliphatic hydroxyl groups is 5. The molecule has 0 aromatic carbocycles. The lowest BCUT2D eigenvalue weighted by molar-refractivity contribution is -0.0753. The molecule has 0 spiro atoms. The van der Waals surface area contributed by atoms with Crippen molar-refractivity contribution < 1.29 is 25.5 Å². The molecule has 0 aromatic rings. The van der Waals surface area contributed by atoms with E-state index in [-0.39, 0.29) is 0 Å². The van der Waals surface area contributed by atoms with Crippen molar-refractivity contribution in [2.45, 2.75) is 227 Å². The summed E-state index contributed by atoms with van der Waals surface area (Å²) in [5.74, 6) is 0. The molecule has 0 saturated carbocycles. The van der Waals surface area contributed by atoms with Crippen LogP contribution in [0.3, 0.4) is 0 Å². The van der Waals surface area contributed by atoms with Gasteiger partial charge in [0.15, 0.2) is 0 Å². The molecule has 0 aliphatic heterocycles. The summed E-state index contributed by atoms with van der Waals surface area (Å²) in [6, 6.07) is 0. The second-order valence-corrected chi connectivity index (χ2v) is 18.1. The molecule has 5 nitrogen and oxygen atoms in total. The molecule has 54 heavy (non-hydrogen) atoms. The first-order chi connectivity index (χ1) is 25.0. The number of rotatable bonds is 30. The van der Waals surface area contributed by atoms with Gasteiger partial charge in [0.2, 0.25) is 0 Å². The van der Waals surface area contributed by atoms with E-state index >= 15 is 0 Å². The van der Waals surface area contributed by atoms with Crippen LogP contribution in [0, 0.1) is 0 Å². The molecular formula is C49H86O5. The Hall–Kier alpha value is -2.02. The first kappa shape index (κ1) is 52.0. The van der Waals surface area contributed by atoms with Crippen LogP contribution in [0.25, 0.3) is 0 Å². The zero-order valence-corrected chi connectivity index (χ0v) is 37.0. The van der Waals surface area contributed by atoms with Gasteiger partial charge >= 0.3 is 0 Å². The fraction of sp³-hybridized carbons (Fsp3) is 0.714. The highest BCUT2D eigenvalue weighted by Gasteiger charge is 2.32. The number of hydrogen-bond donors (Lipinski definition) is 5. The second kappa shape index (κ2) is 26.8. The van der Waals surface area contributed by atoms with Gasteiger partial charge in [-0.1, -0.05) is 76.0 Å². The summed E-state index contributed by atoms with van der Waals surface area (Å²) in [5.41, 5.74) is 4.45. The maximum Gasteiger partial charge on any atom is 0.0877 e. The molecule has 0 bridgehead atoms. The molecule has 0 amide bonds. The summed E-state index contributed by atoms with van der Waals surface area (Å²) in [4.78, 5) is 0. The Kier molecular flexibility index (Phi) is 25.8. The molecule has 0 aliphatic carbocycles. The van der Waals surface area contributed by atoms with Crippen molar-refractivity contribution in [2.75, 3.05) is 0 Å². The standard InChI is InChI=1S/C49H86O5/c1-13-46(9,51)33-19-30-43(7)28-16-26-41(5)24-14-22-40(4)23-15-25-42(6)27-17-29-44(8)31-32-45(50)49(12,54)36-20-35-48(11,53)38-37-47(10,52)34-18-21-39(2)3/h13,21-22,25-26,29-30,45,50-54H,1,14-20,23-24,27-28,31-38H2,2-12H3/b40-22+,41-26+,42-25+,43-30+,44-29+. The van der Waals surface area contributed by atoms with Gasteiger partial charge in [0.1, 0.15) is 0 Å². The summed E-state index contributed by atoms with van der Waals surface area (Å²) < 4.78 is 0. The summed E-state index contributed by atoms with van der Waals surface area (Å²) >= 11 is 0. The van der Waals surface area contributed by atoms with Crippen LogP contribution >= 0.6 is 0 Å². The molecule has 5 atom stereocenters. The van der Waals surface area contributed by atoms with Gasteiger partial charge in [0.25, 0.3) is 0 Å². The molecule has 5 N–H and O–H groups in total. The van der Waals surface area contributed by atoms with E-state index in [2.05, 4.69) is 91.5 Å². The summed E-state index contributed by atoms with van der Waals surface area (Å²) in [6.45, 7) is 25.9. The summed E-state index contributed by atoms with van der Waals surface area (Å²) in [5, 5.41) is 53.5. The van der Waals surface area contributed by atoms with Gasteiger partial charge in [0.05, 0.1) is 28.5 Å². The molecule has 0 aromatic heterocycles. The first-order valence-corrected chi connectivity index (χ1v) is 21.1. The normalized spacial score (nSPS) is 18.7. The molecule has 5 heteroatoms. The Morgan fingerprint density at radius 3 is 1.26 bits per heavy atom. The second-order valence-electron chi connectivity index (χ2n) is 18.1. The highest BCUT2D eigenvalue weighted by Crippen LogP contribution is 2.30. The van der Waals surface area contributed by atoms with Crippen molar-refractivity contribution in [2.24, 2.45) is 0 Å². The smallest absolute Gasteiger partial charge is 0.0877 e. The molecule has 5 unspecified atom stereocenters. The lowest BCUT2D eigenvalue weighted by Gasteiger charge is -2.32. The van der Waals surface area contributed by atoms with Gasteiger partial charge in [-0.05, 0) is 198 Å². The van der Waals surface area contributed by atoms with Gasteiger partial charge in [0, 0.05) is 0 Å². The number of aliphatic hydroxyl groups excluding tert-OH is 1. The van der Waals surface area contributed by atoms with Crippen LogP contribution in [0.4, 0.5) is 0 Å². The SMILES string of the molecule is C=CC(C)(O)CC/C=C(\C)CC/C=C(\C)CC/C=C(\C)CC/C=C(\C)CC/C=C(\C)CCC(O)C(C)(O)CCCC(C)(O)CCC(C)(O)CCC=C(C)C. The highest BCUT2D eigenvalue weighted by molar-refractivity contribution is 5.09. The van der Waals surface area contributed by atoms with E-state index in [9.17, 15) is 25.5 Å². The van der Waals surface area contributed by atoms with Crippen molar-refractivity contribution in [3.8, 4) is 0 Å². The van der Waals surface area contributed by atoms with E-state index in [0.29, 0.717) is 51.4 Å². The van der Waals surface area contributed by atoms with Crippen molar-refractivity contribution >= 4 is 0 Å². The van der Waals surface area contributed by atoms with E-state index in [4.69, 9.17) is 0 Å². The van der Waals surface area contributed by atoms with E-state index in [0.717, 1.165) is 70.6 Å². The molecule has 0 saturated heterocycles. The van der Waals surface area contributed by atoms with Crippen LogP contribution in [0.2, 0.25) is 0 Å². The summed E-state index contributed by atoms with van der Waals surface area (Å²) in [7, 11) is 0. The minimum Gasteiger partial charge on any atom is -0.390 e. The van der Waals surface area contributed by atoms with Crippen LogP contribution in [0.15, 0.2) is 82.5 Å². The predicted molar refractivity (Wildman–Crippen MR) is 235 cm³/mol. The van der Waals surface area contributed by atoms with Gasteiger partial charge in [-0.2, -0.15) is 0 Å². The van der Waals surface area contributed by atoms with Gasteiger partial charge in [-0.3, -0.25) is 0 Å². The van der Waals surface area contributed by atoms with Crippen molar-refractivity contribution in [1.82, 2.24) is 0 Å². The third-order valence-electron chi connectivity index (χ3n) is 11.1. The lowest BCUT2D eigenvalue weighted by atomic mass is 9.83. The first-order valence-electron chi connectivity index (χ1n) is 21.1. The topological polar surface area (TPSA) is 101 Å². The molecule has 312 valence electrons. The quantitative estimate of drug-likeness (QED) is 0.0470. The predicted octanol–water partition coefficient (Wildman–Crippen LogP) is 12.6. The van der Waals surface area contributed by atoms with E-state index in [1.165, 1.54) is 33.4 Å². The third kappa shape index (κ3) is 28.4. The van der Waals surface area contributed by atoms with Gasteiger partial charge < -0.3 is 25.5 Å². The van der Waals surface area contributed by atoms with Crippen LogP contribution < -0.4 is 0 Å². The maximum absolute atomic E-state index is 11.0. The Bertz CT molecular complexity index is 1250. The third-order valence-corrected chi connectivity index (χ3v) is 11.1. The molecule has 0 radical (unpaired) electrons. The molecule has 0 aliphatic rings. The van der Waals surface area contributed by atoms with Crippen LogP contribution in [-0.2, 0) is 0 Å².